The quantitative estimate of drug-likeness (QED) is 0.323. The molecule has 2 heterocycles. The van der Waals surface area contributed by atoms with E-state index in [2.05, 4.69) is 97.5 Å². The van der Waals surface area contributed by atoms with Gasteiger partial charge in [-0.15, -0.1) is 10.2 Å². The third-order valence-electron chi connectivity index (χ3n) is 8.58. The van der Waals surface area contributed by atoms with E-state index < -0.39 is 0 Å². The first-order chi connectivity index (χ1) is 19.5. The highest BCUT2D eigenvalue weighted by Gasteiger charge is 2.54. The Morgan fingerprint density at radius 2 is 1.76 bits per heavy atom. The predicted octanol–water partition coefficient (Wildman–Crippen LogP) is 7.63. The zero-order valence-corrected chi connectivity index (χ0v) is 25.2. The van der Waals surface area contributed by atoms with Crippen LogP contribution < -0.4 is 5.32 Å². The van der Waals surface area contributed by atoms with Gasteiger partial charge in [-0.2, -0.15) is 0 Å². The molecule has 0 unspecified atom stereocenters. The van der Waals surface area contributed by atoms with E-state index in [-0.39, 0.29) is 22.6 Å². The molecule has 1 aliphatic carbocycles. The number of amides is 1. The standard InChI is InChI=1S/C34H42N4O3/c1-7-11-27(31-37-36-30(41-31)26-14-16-29(17-15-26)35-24(2)39)20-28-21-34(19-18-32(28,3)4)23-40-33(5,6)38(34)22-25-12-9-8-10-13-25/h8-17,20H,7,18-19,21-23H2,1-6H3,(H,35,39)/b27-11+,28-20-/t34-/m0/s1. The molecule has 7 heteroatoms. The van der Waals surface area contributed by atoms with Crippen molar-refractivity contribution >= 4 is 17.2 Å². The lowest BCUT2D eigenvalue weighted by molar-refractivity contribution is -0.114. The van der Waals surface area contributed by atoms with Gasteiger partial charge in [0.25, 0.3) is 0 Å². The number of carbonyl (C=O) groups excluding carboxylic acids is 1. The first kappa shape index (κ1) is 29.0. The van der Waals surface area contributed by atoms with Crippen molar-refractivity contribution in [3.63, 3.8) is 0 Å². The van der Waals surface area contributed by atoms with Crippen LogP contribution in [0.1, 0.15) is 78.7 Å². The van der Waals surface area contributed by atoms with E-state index in [0.29, 0.717) is 18.4 Å². The van der Waals surface area contributed by atoms with Crippen LogP contribution in [0.15, 0.2) is 76.7 Å². The van der Waals surface area contributed by atoms with Crippen LogP contribution in [-0.2, 0) is 16.1 Å². The molecule has 0 radical (unpaired) electrons. The minimum absolute atomic E-state index is 0.0334. The van der Waals surface area contributed by atoms with Gasteiger partial charge in [0, 0.05) is 30.3 Å². The normalized spacial score (nSPS) is 23.3. The van der Waals surface area contributed by atoms with Crippen molar-refractivity contribution in [2.75, 3.05) is 11.9 Å². The Morgan fingerprint density at radius 3 is 2.44 bits per heavy atom. The molecule has 216 valence electrons. The number of rotatable bonds is 7. The number of hydrogen-bond acceptors (Lipinski definition) is 6. The second-order valence-corrected chi connectivity index (χ2v) is 12.5. The van der Waals surface area contributed by atoms with Crippen molar-refractivity contribution in [3.8, 4) is 11.5 Å². The first-order valence-electron chi connectivity index (χ1n) is 14.6. The molecular weight excluding hydrogens is 512 g/mol. The van der Waals surface area contributed by atoms with Crippen LogP contribution in [0.2, 0.25) is 0 Å². The van der Waals surface area contributed by atoms with Crippen molar-refractivity contribution in [1.82, 2.24) is 15.1 Å². The van der Waals surface area contributed by atoms with Gasteiger partial charge in [0.1, 0.15) is 5.72 Å². The summed E-state index contributed by atoms with van der Waals surface area (Å²) in [7, 11) is 0. The zero-order chi connectivity index (χ0) is 29.3. The number of anilines is 1. The molecule has 1 aromatic heterocycles. The molecule has 1 saturated heterocycles. The number of nitrogens with zero attached hydrogens (tertiary/aromatic N) is 3. The Kier molecular flexibility index (Phi) is 8.04. The highest BCUT2D eigenvalue weighted by molar-refractivity contribution is 5.88. The number of nitrogens with one attached hydrogen (secondary N) is 1. The van der Waals surface area contributed by atoms with Crippen molar-refractivity contribution in [3.05, 3.63) is 83.8 Å². The average Bonchev–Trinajstić information content (AvgIpc) is 3.51. The molecule has 1 amide bonds. The number of benzene rings is 2. The second-order valence-electron chi connectivity index (χ2n) is 12.5. The summed E-state index contributed by atoms with van der Waals surface area (Å²) in [5.41, 5.74) is 4.78. The molecule has 41 heavy (non-hydrogen) atoms. The maximum atomic E-state index is 11.4. The summed E-state index contributed by atoms with van der Waals surface area (Å²) < 4.78 is 12.7. The van der Waals surface area contributed by atoms with Crippen LogP contribution in [-0.4, -0.2) is 38.9 Å². The van der Waals surface area contributed by atoms with Crippen LogP contribution in [0.25, 0.3) is 17.0 Å². The molecule has 0 bridgehead atoms. The van der Waals surface area contributed by atoms with Crippen LogP contribution in [0.5, 0.6) is 0 Å². The fourth-order valence-electron chi connectivity index (χ4n) is 6.12. The molecule has 1 spiro atoms. The van der Waals surface area contributed by atoms with Gasteiger partial charge < -0.3 is 14.5 Å². The summed E-state index contributed by atoms with van der Waals surface area (Å²) in [4.78, 5) is 13.9. The predicted molar refractivity (Wildman–Crippen MR) is 163 cm³/mol. The Bertz CT molecular complexity index is 1440. The number of allylic oxidation sites excluding steroid dienone is 3. The van der Waals surface area contributed by atoms with Gasteiger partial charge >= 0.3 is 0 Å². The second kappa shape index (κ2) is 11.4. The number of carbonyl (C=O) groups is 1. The van der Waals surface area contributed by atoms with Crippen molar-refractivity contribution in [2.24, 2.45) is 5.41 Å². The molecule has 7 nitrogen and oxygen atoms in total. The van der Waals surface area contributed by atoms with Gasteiger partial charge in [0.15, 0.2) is 0 Å². The van der Waals surface area contributed by atoms with E-state index in [0.717, 1.165) is 49.1 Å². The van der Waals surface area contributed by atoms with Gasteiger partial charge in [-0.3, -0.25) is 9.69 Å². The number of hydrogen-bond donors (Lipinski definition) is 1. The molecule has 2 aromatic carbocycles. The molecule has 2 aliphatic rings. The van der Waals surface area contributed by atoms with Gasteiger partial charge in [-0.05, 0) is 80.9 Å². The van der Waals surface area contributed by atoms with Gasteiger partial charge in [-0.1, -0.05) is 62.8 Å². The van der Waals surface area contributed by atoms with Crippen molar-refractivity contribution in [1.29, 1.82) is 0 Å². The van der Waals surface area contributed by atoms with Crippen molar-refractivity contribution in [2.45, 2.75) is 85.0 Å². The SMILES string of the molecule is CC/C=C(\C=C1\C[C@@]2(CCC1(C)C)COC(C)(C)N2Cc1ccccc1)c1nnc(-c2ccc(NC(C)=O)cc2)o1. The fourth-order valence-corrected chi connectivity index (χ4v) is 6.12. The van der Waals surface area contributed by atoms with E-state index in [9.17, 15) is 4.79 Å². The lowest BCUT2D eigenvalue weighted by Crippen LogP contribution is -2.55. The van der Waals surface area contributed by atoms with E-state index in [1.165, 1.54) is 18.1 Å². The van der Waals surface area contributed by atoms with Crippen LogP contribution in [0.4, 0.5) is 5.69 Å². The topological polar surface area (TPSA) is 80.5 Å². The zero-order valence-electron chi connectivity index (χ0n) is 25.2. The summed E-state index contributed by atoms with van der Waals surface area (Å²) in [5.74, 6) is 0.859. The maximum absolute atomic E-state index is 11.4. The molecular formula is C34H42N4O3. The van der Waals surface area contributed by atoms with E-state index >= 15 is 0 Å². The molecule has 3 aromatic rings. The highest BCUT2D eigenvalue weighted by Crippen LogP contribution is 2.52. The third kappa shape index (κ3) is 6.21. The van der Waals surface area contributed by atoms with Gasteiger partial charge in [0.05, 0.1) is 12.1 Å². The minimum atomic E-state index is -0.346. The molecule has 1 atom stereocenters. The smallest absolute Gasteiger partial charge is 0.248 e. The van der Waals surface area contributed by atoms with Gasteiger partial charge in [0.2, 0.25) is 17.7 Å². The Balaban J connectivity index is 1.44. The Hall–Kier alpha value is -3.55. The van der Waals surface area contributed by atoms with Gasteiger partial charge in [-0.25, -0.2) is 0 Å². The molecule has 1 N–H and O–H groups in total. The first-order valence-corrected chi connectivity index (χ1v) is 14.6. The molecule has 5 rings (SSSR count). The highest BCUT2D eigenvalue weighted by atomic mass is 16.5. The van der Waals surface area contributed by atoms with E-state index in [1.807, 2.05) is 24.3 Å². The lowest BCUT2D eigenvalue weighted by Gasteiger charge is -2.49. The molecule has 1 aliphatic heterocycles. The minimum Gasteiger partial charge on any atom is -0.416 e. The largest absolute Gasteiger partial charge is 0.416 e. The van der Waals surface area contributed by atoms with E-state index in [1.54, 1.807) is 0 Å². The molecule has 2 fully saturated rings. The monoisotopic (exact) mass is 554 g/mol. The number of aromatic nitrogens is 2. The Labute approximate surface area is 243 Å². The third-order valence-corrected chi connectivity index (χ3v) is 8.58. The summed E-state index contributed by atoms with van der Waals surface area (Å²) in [5, 5.41) is 11.6. The fraction of sp³-hybridized carbons (Fsp3) is 0.441. The van der Waals surface area contributed by atoms with E-state index in [4.69, 9.17) is 9.15 Å². The van der Waals surface area contributed by atoms with Crippen LogP contribution in [0.3, 0.4) is 0 Å². The average molecular weight is 555 g/mol. The molecule has 1 saturated carbocycles. The maximum Gasteiger partial charge on any atom is 0.248 e. The summed E-state index contributed by atoms with van der Waals surface area (Å²) in [6.45, 7) is 14.3. The van der Waals surface area contributed by atoms with Crippen molar-refractivity contribution < 1.29 is 13.9 Å². The van der Waals surface area contributed by atoms with Crippen LogP contribution >= 0.6 is 0 Å². The summed E-state index contributed by atoms with van der Waals surface area (Å²) >= 11 is 0. The summed E-state index contributed by atoms with van der Waals surface area (Å²) in [6, 6.07) is 18.1. The Morgan fingerprint density at radius 1 is 1.02 bits per heavy atom. The lowest BCUT2D eigenvalue weighted by atomic mass is 9.65. The summed E-state index contributed by atoms with van der Waals surface area (Å²) in [6.07, 6.45) is 8.37. The number of ether oxygens (including phenoxy) is 1. The van der Waals surface area contributed by atoms with Crippen LogP contribution in [0, 0.1) is 5.41 Å².